The maximum Gasteiger partial charge on any atom is 1.00 e. The molecule has 1 N–H and O–H groups in total. The molecule has 0 bridgehead atoms. The van der Waals surface area contributed by atoms with Crippen molar-refractivity contribution in [3.05, 3.63) is 34.9 Å². The molecule has 2 atom stereocenters. The minimum Gasteiger partial charge on any atom is -0.549 e. The second-order valence-corrected chi connectivity index (χ2v) is 6.79. The van der Waals surface area contributed by atoms with Gasteiger partial charge in [-0.05, 0) is 30.5 Å². The summed E-state index contributed by atoms with van der Waals surface area (Å²) < 4.78 is 10.2. The number of esters is 1. The van der Waals surface area contributed by atoms with E-state index in [2.05, 4.69) is 5.32 Å². The van der Waals surface area contributed by atoms with Gasteiger partial charge < -0.3 is 24.7 Å². The van der Waals surface area contributed by atoms with Crippen LogP contribution < -0.4 is 40.0 Å². The summed E-state index contributed by atoms with van der Waals surface area (Å²) in [4.78, 5) is 34.9. The van der Waals surface area contributed by atoms with Crippen LogP contribution in [0.3, 0.4) is 0 Å². The molecule has 7 nitrogen and oxygen atoms in total. The molecule has 0 fully saturated rings. The van der Waals surface area contributed by atoms with Crippen molar-refractivity contribution >= 4 is 29.6 Å². The first-order valence-corrected chi connectivity index (χ1v) is 9.23. The number of carbonyl (C=O) groups is 3. The van der Waals surface area contributed by atoms with Gasteiger partial charge in [0.15, 0.2) is 0 Å². The summed E-state index contributed by atoms with van der Waals surface area (Å²) in [6.45, 7) is 5.29. The van der Waals surface area contributed by atoms with Crippen LogP contribution in [0.15, 0.2) is 24.3 Å². The van der Waals surface area contributed by atoms with E-state index in [0.717, 1.165) is 0 Å². The first-order chi connectivity index (χ1) is 12.7. The molecule has 0 heterocycles. The molecule has 0 aliphatic heterocycles. The molecule has 0 saturated carbocycles. The zero-order chi connectivity index (χ0) is 20.4. The molecule has 0 aliphatic carbocycles. The number of carboxylic acid groups (broad SMARTS) is 1. The predicted octanol–water partition coefficient (Wildman–Crippen LogP) is -0.381. The van der Waals surface area contributed by atoms with Crippen LogP contribution in [-0.2, 0) is 19.1 Å². The van der Waals surface area contributed by atoms with E-state index in [1.54, 1.807) is 38.1 Å². The molecule has 1 aromatic rings. The van der Waals surface area contributed by atoms with Crippen LogP contribution >= 0.6 is 11.6 Å². The van der Waals surface area contributed by atoms with Crippen LogP contribution in [0.1, 0.15) is 51.5 Å². The number of amides is 1. The van der Waals surface area contributed by atoms with Gasteiger partial charge in [-0.2, -0.15) is 0 Å². The van der Waals surface area contributed by atoms with Gasteiger partial charge in [0.05, 0.1) is 5.92 Å². The molecular weight excluding hydrogens is 397 g/mol. The maximum absolute atomic E-state index is 11.9. The molecule has 0 saturated heterocycles. The van der Waals surface area contributed by atoms with Gasteiger partial charge >= 0.3 is 41.6 Å². The smallest absolute Gasteiger partial charge is 0.549 e. The van der Waals surface area contributed by atoms with Crippen molar-refractivity contribution in [1.29, 1.82) is 0 Å². The number of ether oxygens (including phenoxy) is 2. The summed E-state index contributed by atoms with van der Waals surface area (Å²) in [5, 5.41) is 14.3. The molecule has 1 rings (SSSR count). The predicted molar refractivity (Wildman–Crippen MR) is 97.9 cm³/mol. The molecule has 9 heteroatoms. The molecule has 1 amide bonds. The second-order valence-electron chi connectivity index (χ2n) is 6.35. The Morgan fingerprint density at radius 3 is 2.21 bits per heavy atom. The first kappa shape index (κ1) is 26.7. The summed E-state index contributed by atoms with van der Waals surface area (Å²) in [5.41, 5.74) is 0.532. The molecular formula is C19H25ClNNaO6. The third-order valence-electron chi connectivity index (χ3n) is 3.74. The first-order valence-electron chi connectivity index (χ1n) is 8.85. The third kappa shape index (κ3) is 9.78. The minimum atomic E-state index is -1.25. The maximum atomic E-state index is 11.9. The fourth-order valence-electron chi connectivity index (χ4n) is 2.24. The number of aliphatic carboxylic acids is 1. The van der Waals surface area contributed by atoms with Gasteiger partial charge in [-0.25, -0.2) is 4.79 Å². The van der Waals surface area contributed by atoms with Crippen molar-refractivity contribution in [3.63, 3.8) is 0 Å². The van der Waals surface area contributed by atoms with Gasteiger partial charge in [0.2, 0.25) is 6.29 Å². The normalized spacial score (nSPS) is 12.5. The molecule has 0 aliphatic rings. The number of rotatable bonds is 10. The largest absolute Gasteiger partial charge is 1.00 e. The van der Waals surface area contributed by atoms with Crippen LogP contribution in [-0.4, -0.2) is 30.9 Å². The van der Waals surface area contributed by atoms with Crippen LogP contribution in [0.4, 0.5) is 4.79 Å². The van der Waals surface area contributed by atoms with Crippen LogP contribution in [0, 0.1) is 5.92 Å². The van der Waals surface area contributed by atoms with Gasteiger partial charge in [0, 0.05) is 29.9 Å². The van der Waals surface area contributed by atoms with E-state index in [4.69, 9.17) is 21.1 Å². The van der Waals surface area contributed by atoms with E-state index in [9.17, 15) is 19.5 Å². The molecule has 150 valence electrons. The Labute approximate surface area is 192 Å². The Bertz CT molecular complexity index is 638. The van der Waals surface area contributed by atoms with Crippen LogP contribution in [0.25, 0.3) is 0 Å². The molecule has 2 unspecified atom stereocenters. The Morgan fingerprint density at radius 2 is 1.71 bits per heavy atom. The van der Waals surface area contributed by atoms with E-state index >= 15 is 0 Å². The number of carbonyl (C=O) groups excluding carboxylic acids is 3. The fourth-order valence-corrected chi connectivity index (χ4v) is 2.36. The molecule has 0 radical (unpaired) electrons. The molecule has 0 spiro atoms. The zero-order valence-electron chi connectivity index (χ0n) is 16.7. The van der Waals surface area contributed by atoms with E-state index < -0.39 is 30.2 Å². The number of alkyl carbamates (subject to hydrolysis) is 1. The van der Waals surface area contributed by atoms with E-state index in [-0.39, 0.29) is 48.4 Å². The molecule has 28 heavy (non-hydrogen) atoms. The van der Waals surface area contributed by atoms with E-state index in [0.29, 0.717) is 23.4 Å². The number of benzene rings is 1. The molecule has 0 aromatic heterocycles. The van der Waals surface area contributed by atoms with Gasteiger partial charge in [0.1, 0.15) is 0 Å². The van der Waals surface area contributed by atoms with Crippen molar-refractivity contribution in [2.45, 2.75) is 52.2 Å². The summed E-state index contributed by atoms with van der Waals surface area (Å²) in [5.74, 6) is -2.93. The van der Waals surface area contributed by atoms with Crippen LogP contribution in [0.5, 0.6) is 0 Å². The number of carboxylic acids is 1. The number of halogens is 1. The van der Waals surface area contributed by atoms with E-state index in [1.165, 1.54) is 0 Å². The minimum absolute atomic E-state index is 0. The summed E-state index contributed by atoms with van der Waals surface area (Å²) in [6, 6.07) is 6.38. The zero-order valence-corrected chi connectivity index (χ0v) is 19.5. The van der Waals surface area contributed by atoms with Crippen molar-refractivity contribution in [2.24, 2.45) is 5.92 Å². The van der Waals surface area contributed by atoms with Crippen LogP contribution in [0.2, 0.25) is 5.02 Å². The van der Waals surface area contributed by atoms with Gasteiger partial charge in [-0.1, -0.05) is 44.5 Å². The SMILES string of the molecule is CCCC(OC(=O)NCCC(C(=O)[O-])c1ccc(Cl)cc1)OC(=O)C(C)C.[Na+]. The third-order valence-corrected chi connectivity index (χ3v) is 3.99. The number of hydrogen-bond acceptors (Lipinski definition) is 6. The summed E-state index contributed by atoms with van der Waals surface area (Å²) in [6.07, 6.45) is -0.606. The monoisotopic (exact) mass is 421 g/mol. The average molecular weight is 422 g/mol. The Balaban J connectivity index is 0.00000729. The summed E-state index contributed by atoms with van der Waals surface area (Å²) in [7, 11) is 0. The van der Waals surface area contributed by atoms with Gasteiger partial charge in [-0.15, -0.1) is 0 Å². The quantitative estimate of drug-likeness (QED) is 0.314. The number of nitrogens with one attached hydrogen (secondary N) is 1. The van der Waals surface area contributed by atoms with E-state index in [1.807, 2.05) is 6.92 Å². The molecule has 1 aromatic carbocycles. The topological polar surface area (TPSA) is 105 Å². The van der Waals surface area contributed by atoms with Crippen molar-refractivity contribution < 1.29 is 58.5 Å². The van der Waals surface area contributed by atoms with Crippen molar-refractivity contribution in [1.82, 2.24) is 5.32 Å². The van der Waals surface area contributed by atoms with Gasteiger partial charge in [0.25, 0.3) is 0 Å². The van der Waals surface area contributed by atoms with Crippen molar-refractivity contribution in [3.8, 4) is 0 Å². The van der Waals surface area contributed by atoms with Crippen molar-refractivity contribution in [2.75, 3.05) is 6.54 Å². The second kappa shape index (κ2) is 13.8. The number of hydrogen-bond donors (Lipinski definition) is 1. The Hall–Kier alpha value is -1.28. The Morgan fingerprint density at radius 1 is 1.11 bits per heavy atom. The average Bonchev–Trinajstić information content (AvgIpc) is 2.59. The van der Waals surface area contributed by atoms with Gasteiger partial charge in [-0.3, -0.25) is 4.79 Å². The fraction of sp³-hybridized carbons (Fsp3) is 0.526. The standard InChI is InChI=1S/C19H26ClNO6.Na/c1-4-5-16(26-18(24)12(2)3)27-19(25)21-11-10-15(17(22)23)13-6-8-14(20)9-7-13;/h6-9,12,15-16H,4-5,10-11H2,1-3H3,(H,21,25)(H,22,23);/q;+1/p-1. The Kier molecular flexibility index (Phi) is 13.2. The summed E-state index contributed by atoms with van der Waals surface area (Å²) >= 11 is 5.80.